The van der Waals surface area contributed by atoms with Crippen molar-refractivity contribution >= 4 is 34.9 Å². The van der Waals surface area contributed by atoms with Crippen LogP contribution in [0.25, 0.3) is 0 Å². The van der Waals surface area contributed by atoms with Gasteiger partial charge in [0.05, 0.1) is 15.7 Å². The van der Waals surface area contributed by atoms with Crippen LogP contribution in [0.5, 0.6) is 0 Å². The highest BCUT2D eigenvalue weighted by atomic mass is 35.5. The fraction of sp³-hybridized carbons (Fsp3) is 0.0952. The van der Waals surface area contributed by atoms with Gasteiger partial charge in [0.25, 0.3) is 0 Å². The number of carboxylic acid groups (broad SMARTS) is 1. The van der Waals surface area contributed by atoms with E-state index in [1.807, 2.05) is 48.5 Å². The van der Waals surface area contributed by atoms with E-state index in [9.17, 15) is 9.90 Å². The van der Waals surface area contributed by atoms with Crippen molar-refractivity contribution in [1.29, 1.82) is 0 Å². The van der Waals surface area contributed by atoms with Crippen LogP contribution < -0.4 is 4.90 Å². The third-order valence-electron chi connectivity index (χ3n) is 4.08. The third-order valence-corrected chi connectivity index (χ3v) is 4.69. The molecule has 132 valence electrons. The Morgan fingerprint density at radius 2 is 1.38 bits per heavy atom. The normalized spacial score (nSPS) is 11.8. The number of carboxylic acids is 1. The number of benzene rings is 3. The van der Waals surface area contributed by atoms with Crippen LogP contribution in [-0.4, -0.2) is 11.1 Å². The second-order valence-corrected chi connectivity index (χ2v) is 6.65. The molecule has 3 rings (SSSR count). The Morgan fingerprint density at radius 3 is 1.92 bits per heavy atom. The van der Waals surface area contributed by atoms with Gasteiger partial charge in [0, 0.05) is 6.54 Å². The molecule has 0 heterocycles. The number of hydrogen-bond acceptors (Lipinski definition) is 2. The van der Waals surface area contributed by atoms with Crippen molar-refractivity contribution in [3.05, 3.63) is 100 Å². The topological polar surface area (TPSA) is 40.5 Å². The second kappa shape index (κ2) is 8.26. The van der Waals surface area contributed by atoms with Gasteiger partial charge in [-0.25, -0.2) is 4.79 Å². The van der Waals surface area contributed by atoms with Crippen LogP contribution in [0.15, 0.2) is 78.9 Å². The van der Waals surface area contributed by atoms with E-state index in [0.717, 1.165) is 5.56 Å². The first-order chi connectivity index (χ1) is 12.6. The lowest BCUT2D eigenvalue weighted by Gasteiger charge is -2.33. The Balaban J connectivity index is 2.14. The number of para-hydroxylation sites is 1. The molecule has 1 N–H and O–H groups in total. The summed E-state index contributed by atoms with van der Waals surface area (Å²) in [4.78, 5) is 13.9. The lowest BCUT2D eigenvalue weighted by atomic mass is 10.0. The van der Waals surface area contributed by atoms with Crippen LogP contribution in [-0.2, 0) is 11.3 Å². The fourth-order valence-electron chi connectivity index (χ4n) is 2.93. The Morgan fingerprint density at radius 1 is 0.846 bits per heavy atom. The van der Waals surface area contributed by atoms with Crippen LogP contribution in [0.4, 0.5) is 5.69 Å². The van der Waals surface area contributed by atoms with Crippen molar-refractivity contribution in [3.63, 3.8) is 0 Å². The van der Waals surface area contributed by atoms with Crippen molar-refractivity contribution < 1.29 is 9.90 Å². The number of carbonyl (C=O) groups is 1. The van der Waals surface area contributed by atoms with E-state index >= 15 is 0 Å². The zero-order chi connectivity index (χ0) is 18.5. The number of hydrogen-bond donors (Lipinski definition) is 1. The number of nitrogens with zero attached hydrogens (tertiary/aromatic N) is 1. The van der Waals surface area contributed by atoms with Gasteiger partial charge in [-0.2, -0.15) is 0 Å². The van der Waals surface area contributed by atoms with Gasteiger partial charge in [0.15, 0.2) is 6.04 Å². The number of rotatable bonds is 6. The van der Waals surface area contributed by atoms with Crippen LogP contribution in [0.3, 0.4) is 0 Å². The maximum atomic E-state index is 12.2. The molecule has 1 atom stereocenters. The molecular weight excluding hydrogens is 369 g/mol. The van der Waals surface area contributed by atoms with Crippen molar-refractivity contribution in [2.24, 2.45) is 0 Å². The average Bonchev–Trinajstić information content (AvgIpc) is 2.63. The molecule has 0 aromatic heterocycles. The molecule has 3 nitrogen and oxygen atoms in total. The zero-order valence-electron chi connectivity index (χ0n) is 13.8. The molecule has 0 spiro atoms. The molecular formula is C21H17Cl2NO2. The molecule has 1 unspecified atom stereocenters. The Bertz CT molecular complexity index is 865. The first kappa shape index (κ1) is 18.3. The second-order valence-electron chi connectivity index (χ2n) is 5.84. The molecule has 0 radical (unpaired) electrons. The minimum absolute atomic E-state index is 0.357. The Hall–Kier alpha value is -2.49. The van der Waals surface area contributed by atoms with Crippen molar-refractivity contribution in [2.45, 2.75) is 12.6 Å². The lowest BCUT2D eigenvalue weighted by Crippen LogP contribution is -2.34. The molecule has 5 heteroatoms. The summed E-state index contributed by atoms with van der Waals surface area (Å²) in [6.45, 7) is 0.357. The van der Waals surface area contributed by atoms with Crippen molar-refractivity contribution in [2.75, 3.05) is 4.90 Å². The largest absolute Gasteiger partial charge is 0.479 e. The summed E-state index contributed by atoms with van der Waals surface area (Å²) in [5.41, 5.74) is 2.13. The molecule has 0 saturated carbocycles. The minimum Gasteiger partial charge on any atom is -0.479 e. The van der Waals surface area contributed by atoms with E-state index in [-0.39, 0.29) is 0 Å². The van der Waals surface area contributed by atoms with Gasteiger partial charge in [-0.1, -0.05) is 89.9 Å². The van der Waals surface area contributed by atoms with Crippen LogP contribution in [0, 0.1) is 0 Å². The lowest BCUT2D eigenvalue weighted by molar-refractivity contribution is -0.138. The highest BCUT2D eigenvalue weighted by Crippen LogP contribution is 2.39. The zero-order valence-corrected chi connectivity index (χ0v) is 15.4. The predicted molar refractivity (Wildman–Crippen MR) is 106 cm³/mol. The molecule has 26 heavy (non-hydrogen) atoms. The van der Waals surface area contributed by atoms with Gasteiger partial charge in [-0.15, -0.1) is 0 Å². The van der Waals surface area contributed by atoms with Gasteiger partial charge < -0.3 is 10.0 Å². The van der Waals surface area contributed by atoms with Gasteiger partial charge in [0.2, 0.25) is 0 Å². The highest BCUT2D eigenvalue weighted by Gasteiger charge is 2.30. The highest BCUT2D eigenvalue weighted by molar-refractivity contribution is 6.39. The monoisotopic (exact) mass is 385 g/mol. The predicted octanol–water partition coefficient (Wildman–Crippen LogP) is 5.83. The summed E-state index contributed by atoms with van der Waals surface area (Å²) >= 11 is 12.8. The van der Waals surface area contributed by atoms with Gasteiger partial charge >= 0.3 is 5.97 Å². The number of halogens is 2. The molecule has 0 amide bonds. The smallest absolute Gasteiger partial charge is 0.331 e. The molecule has 0 aliphatic heterocycles. The van der Waals surface area contributed by atoms with E-state index in [2.05, 4.69) is 0 Å². The van der Waals surface area contributed by atoms with Crippen molar-refractivity contribution in [1.82, 2.24) is 0 Å². The summed E-state index contributed by atoms with van der Waals surface area (Å²) in [5.74, 6) is -0.969. The molecule has 3 aromatic rings. The Kier molecular flexibility index (Phi) is 5.82. The summed E-state index contributed by atoms with van der Waals surface area (Å²) in [5, 5.41) is 10.8. The van der Waals surface area contributed by atoms with Gasteiger partial charge in [-0.05, 0) is 23.3 Å². The summed E-state index contributed by atoms with van der Waals surface area (Å²) < 4.78 is 0. The quantitative estimate of drug-likeness (QED) is 0.580. The molecule has 0 aliphatic carbocycles. The first-order valence-corrected chi connectivity index (χ1v) is 8.86. The molecule has 0 aliphatic rings. The van der Waals surface area contributed by atoms with Crippen molar-refractivity contribution in [3.8, 4) is 0 Å². The third kappa shape index (κ3) is 4.01. The van der Waals surface area contributed by atoms with E-state index in [4.69, 9.17) is 23.2 Å². The van der Waals surface area contributed by atoms with E-state index in [1.54, 1.807) is 35.2 Å². The molecule has 0 fully saturated rings. The molecule has 0 bridgehead atoms. The number of aliphatic carboxylic acids is 1. The van der Waals surface area contributed by atoms with E-state index in [0.29, 0.717) is 27.8 Å². The van der Waals surface area contributed by atoms with Gasteiger partial charge in [0.1, 0.15) is 0 Å². The fourth-order valence-corrected chi connectivity index (χ4v) is 3.55. The standard InChI is InChI=1S/C21H17Cl2NO2/c22-17-12-7-13-18(23)20(17)24(14-15-8-3-1-4-9-15)19(21(25)26)16-10-5-2-6-11-16/h1-13,19H,14H2,(H,25,26). The average molecular weight is 386 g/mol. The first-order valence-electron chi connectivity index (χ1n) is 8.10. The molecule has 0 saturated heterocycles. The van der Waals surface area contributed by atoms with E-state index < -0.39 is 12.0 Å². The summed E-state index contributed by atoms with van der Waals surface area (Å²) in [7, 11) is 0. The maximum absolute atomic E-state index is 12.2. The Labute approximate surface area is 162 Å². The summed E-state index contributed by atoms with van der Waals surface area (Å²) in [6.07, 6.45) is 0. The van der Waals surface area contributed by atoms with Crippen LogP contribution in [0.2, 0.25) is 10.0 Å². The van der Waals surface area contributed by atoms with E-state index in [1.165, 1.54) is 0 Å². The van der Waals surface area contributed by atoms with Gasteiger partial charge in [-0.3, -0.25) is 0 Å². The number of anilines is 1. The summed E-state index contributed by atoms with van der Waals surface area (Å²) in [6, 6.07) is 23.0. The van der Waals surface area contributed by atoms with Crippen LogP contribution >= 0.6 is 23.2 Å². The van der Waals surface area contributed by atoms with Crippen LogP contribution in [0.1, 0.15) is 17.2 Å². The minimum atomic E-state index is -0.969. The molecule has 3 aromatic carbocycles. The SMILES string of the molecule is O=C(O)C(c1ccccc1)N(Cc1ccccc1)c1c(Cl)cccc1Cl. The maximum Gasteiger partial charge on any atom is 0.331 e.